The minimum atomic E-state index is -0.225. The van der Waals surface area contributed by atoms with Gasteiger partial charge in [0.25, 0.3) is 0 Å². The van der Waals surface area contributed by atoms with E-state index in [0.717, 1.165) is 11.3 Å². The van der Waals surface area contributed by atoms with Crippen LogP contribution in [0.4, 0.5) is 11.4 Å². The van der Waals surface area contributed by atoms with Gasteiger partial charge in [-0.3, -0.25) is 4.79 Å². The van der Waals surface area contributed by atoms with E-state index in [-0.39, 0.29) is 12.5 Å². The lowest BCUT2D eigenvalue weighted by Crippen LogP contribution is -2.20. The average Bonchev–Trinajstić information content (AvgIpc) is 3.10. The molecule has 0 fully saturated rings. The topological polar surface area (TPSA) is 85.2 Å². The van der Waals surface area contributed by atoms with E-state index in [0.29, 0.717) is 17.3 Å². The van der Waals surface area contributed by atoms with Crippen LogP contribution in [0.25, 0.3) is 11.4 Å². The highest BCUT2D eigenvalue weighted by Gasteiger charge is 2.10. The number of hydrogen-bond acceptors (Lipinski definition) is 6. The molecular formula is C18H20N6O2. The molecule has 1 N–H and O–H groups in total. The van der Waals surface area contributed by atoms with Gasteiger partial charge in [-0.15, -0.1) is 10.2 Å². The SMILES string of the molecule is COc1cccc(-c2nnn(CC(=O)Nc3ccc(N(C)C)cc3)n2)c1. The number of amides is 1. The van der Waals surface area contributed by atoms with Crippen LogP contribution in [0.2, 0.25) is 0 Å². The van der Waals surface area contributed by atoms with E-state index in [2.05, 4.69) is 20.7 Å². The third-order valence-electron chi connectivity index (χ3n) is 3.73. The molecule has 2 aromatic carbocycles. The maximum atomic E-state index is 12.2. The Morgan fingerprint density at radius 1 is 1.19 bits per heavy atom. The summed E-state index contributed by atoms with van der Waals surface area (Å²) >= 11 is 0. The maximum Gasteiger partial charge on any atom is 0.248 e. The first kappa shape index (κ1) is 17.4. The van der Waals surface area contributed by atoms with Crippen molar-refractivity contribution >= 4 is 17.3 Å². The lowest BCUT2D eigenvalue weighted by Gasteiger charge is -2.12. The van der Waals surface area contributed by atoms with Crippen molar-refractivity contribution in [2.75, 3.05) is 31.4 Å². The fraction of sp³-hybridized carbons (Fsp3) is 0.222. The van der Waals surface area contributed by atoms with Crippen molar-refractivity contribution < 1.29 is 9.53 Å². The zero-order valence-corrected chi connectivity index (χ0v) is 14.9. The number of carbonyl (C=O) groups excluding carboxylic acids is 1. The summed E-state index contributed by atoms with van der Waals surface area (Å²) in [6.45, 7) is -0.0214. The Hall–Kier alpha value is -3.42. The minimum absolute atomic E-state index is 0.0214. The molecule has 0 bridgehead atoms. The van der Waals surface area contributed by atoms with E-state index >= 15 is 0 Å². The summed E-state index contributed by atoms with van der Waals surface area (Å²) in [6, 6.07) is 14.9. The van der Waals surface area contributed by atoms with Crippen LogP contribution in [0, 0.1) is 0 Å². The number of nitrogens with zero attached hydrogens (tertiary/aromatic N) is 5. The van der Waals surface area contributed by atoms with Crippen LogP contribution < -0.4 is 15.0 Å². The summed E-state index contributed by atoms with van der Waals surface area (Å²) in [5, 5.41) is 15.0. The molecule has 1 aromatic heterocycles. The van der Waals surface area contributed by atoms with E-state index in [4.69, 9.17) is 4.74 Å². The molecule has 3 rings (SSSR count). The zero-order valence-electron chi connectivity index (χ0n) is 14.9. The molecule has 8 heteroatoms. The maximum absolute atomic E-state index is 12.2. The van der Waals surface area contributed by atoms with Gasteiger partial charge in [0.15, 0.2) is 0 Å². The summed E-state index contributed by atoms with van der Waals surface area (Å²) < 4.78 is 5.19. The smallest absolute Gasteiger partial charge is 0.248 e. The molecule has 0 atom stereocenters. The number of benzene rings is 2. The van der Waals surface area contributed by atoms with Crippen LogP contribution in [0.5, 0.6) is 5.75 Å². The summed E-state index contributed by atoms with van der Waals surface area (Å²) in [5.74, 6) is 0.919. The van der Waals surface area contributed by atoms with E-state index in [9.17, 15) is 4.79 Å². The molecule has 0 aliphatic carbocycles. The third kappa shape index (κ3) is 4.15. The second-order valence-corrected chi connectivity index (χ2v) is 5.86. The van der Waals surface area contributed by atoms with Crippen LogP contribution in [0.1, 0.15) is 0 Å². The first-order valence-corrected chi connectivity index (χ1v) is 8.04. The van der Waals surface area contributed by atoms with Crippen LogP contribution in [0.3, 0.4) is 0 Å². The molecule has 3 aromatic rings. The largest absolute Gasteiger partial charge is 0.497 e. The van der Waals surface area contributed by atoms with E-state index in [1.807, 2.05) is 67.5 Å². The number of nitrogens with one attached hydrogen (secondary N) is 1. The number of rotatable bonds is 6. The monoisotopic (exact) mass is 352 g/mol. The predicted octanol–water partition coefficient (Wildman–Crippen LogP) is 2.05. The Balaban J connectivity index is 1.64. The average molecular weight is 352 g/mol. The van der Waals surface area contributed by atoms with Crippen LogP contribution >= 0.6 is 0 Å². The van der Waals surface area contributed by atoms with Crippen molar-refractivity contribution in [3.05, 3.63) is 48.5 Å². The summed E-state index contributed by atoms with van der Waals surface area (Å²) in [5.41, 5.74) is 2.55. The first-order chi connectivity index (χ1) is 12.5. The van der Waals surface area contributed by atoms with Gasteiger partial charge in [0.05, 0.1) is 7.11 Å². The molecule has 0 radical (unpaired) electrons. The lowest BCUT2D eigenvalue weighted by molar-refractivity contribution is -0.117. The normalized spacial score (nSPS) is 10.4. The van der Waals surface area contributed by atoms with Gasteiger partial charge in [0, 0.05) is 31.0 Å². The molecule has 1 amide bonds. The van der Waals surface area contributed by atoms with E-state index in [1.54, 1.807) is 7.11 Å². The summed E-state index contributed by atoms with van der Waals surface area (Å²) in [7, 11) is 5.52. The van der Waals surface area contributed by atoms with Gasteiger partial charge < -0.3 is 15.0 Å². The van der Waals surface area contributed by atoms with Gasteiger partial charge in [-0.05, 0) is 41.6 Å². The van der Waals surface area contributed by atoms with Crippen LogP contribution in [-0.4, -0.2) is 47.3 Å². The molecule has 0 saturated heterocycles. The molecule has 26 heavy (non-hydrogen) atoms. The highest BCUT2D eigenvalue weighted by molar-refractivity contribution is 5.90. The van der Waals surface area contributed by atoms with Gasteiger partial charge in [-0.1, -0.05) is 12.1 Å². The van der Waals surface area contributed by atoms with Crippen molar-refractivity contribution in [2.45, 2.75) is 6.54 Å². The van der Waals surface area contributed by atoms with Gasteiger partial charge >= 0.3 is 0 Å². The van der Waals surface area contributed by atoms with Gasteiger partial charge in [-0.2, -0.15) is 4.80 Å². The molecule has 0 saturated carbocycles. The number of anilines is 2. The van der Waals surface area contributed by atoms with E-state index in [1.165, 1.54) is 4.80 Å². The fourth-order valence-corrected chi connectivity index (χ4v) is 2.36. The Labute approximate surface area is 151 Å². The van der Waals surface area contributed by atoms with Crippen molar-refractivity contribution in [3.63, 3.8) is 0 Å². The Kier molecular flexibility index (Phi) is 5.12. The van der Waals surface area contributed by atoms with Crippen molar-refractivity contribution in [2.24, 2.45) is 0 Å². The van der Waals surface area contributed by atoms with Crippen molar-refractivity contribution in [1.29, 1.82) is 0 Å². The quantitative estimate of drug-likeness (QED) is 0.731. The van der Waals surface area contributed by atoms with Gasteiger partial charge in [0.2, 0.25) is 11.7 Å². The Morgan fingerprint density at radius 2 is 1.96 bits per heavy atom. The highest BCUT2D eigenvalue weighted by Crippen LogP contribution is 2.20. The van der Waals surface area contributed by atoms with E-state index < -0.39 is 0 Å². The predicted molar refractivity (Wildman–Crippen MR) is 99.2 cm³/mol. The molecule has 0 unspecified atom stereocenters. The zero-order chi connectivity index (χ0) is 18.5. The third-order valence-corrected chi connectivity index (χ3v) is 3.73. The Bertz CT molecular complexity index is 889. The Morgan fingerprint density at radius 3 is 2.65 bits per heavy atom. The number of aromatic nitrogens is 4. The second-order valence-electron chi connectivity index (χ2n) is 5.86. The summed E-state index contributed by atoms with van der Waals surface area (Å²) in [6.07, 6.45) is 0. The van der Waals surface area contributed by atoms with Gasteiger partial charge in [0.1, 0.15) is 12.3 Å². The molecule has 134 valence electrons. The standard InChI is InChI=1S/C18H20N6O2/c1-23(2)15-9-7-14(8-10-15)19-17(25)12-24-21-18(20-22-24)13-5-4-6-16(11-13)26-3/h4-11H,12H2,1-3H3,(H,19,25). The number of carbonyl (C=O) groups is 1. The van der Waals surface area contributed by atoms with Crippen molar-refractivity contribution in [1.82, 2.24) is 20.2 Å². The second kappa shape index (κ2) is 7.64. The molecular weight excluding hydrogens is 332 g/mol. The first-order valence-electron chi connectivity index (χ1n) is 8.04. The highest BCUT2D eigenvalue weighted by atomic mass is 16.5. The number of ether oxygens (including phenoxy) is 1. The van der Waals surface area contributed by atoms with Crippen LogP contribution in [0.15, 0.2) is 48.5 Å². The molecule has 0 aliphatic heterocycles. The molecule has 8 nitrogen and oxygen atoms in total. The molecule has 0 spiro atoms. The molecule has 0 aliphatic rings. The summed E-state index contributed by atoms with van der Waals surface area (Å²) in [4.78, 5) is 15.4. The fourth-order valence-electron chi connectivity index (χ4n) is 2.36. The number of methoxy groups -OCH3 is 1. The van der Waals surface area contributed by atoms with Crippen molar-refractivity contribution in [3.8, 4) is 17.1 Å². The molecule has 1 heterocycles. The number of hydrogen-bond donors (Lipinski definition) is 1. The van der Waals surface area contributed by atoms with Crippen LogP contribution in [-0.2, 0) is 11.3 Å². The lowest BCUT2D eigenvalue weighted by atomic mass is 10.2. The minimum Gasteiger partial charge on any atom is -0.497 e. The van der Waals surface area contributed by atoms with Gasteiger partial charge in [-0.25, -0.2) is 0 Å². The number of tetrazole rings is 1.